The molecule has 0 radical (unpaired) electrons. The van der Waals surface area contributed by atoms with Crippen molar-refractivity contribution in [2.75, 3.05) is 5.32 Å². The summed E-state index contributed by atoms with van der Waals surface area (Å²) >= 11 is 1.39. The Morgan fingerprint density at radius 1 is 1.50 bits per heavy atom. The predicted molar refractivity (Wildman–Crippen MR) is 63.8 cm³/mol. The van der Waals surface area contributed by atoms with E-state index >= 15 is 0 Å². The van der Waals surface area contributed by atoms with Gasteiger partial charge in [0, 0.05) is 17.5 Å². The first-order chi connectivity index (χ1) is 8.74. The highest BCUT2D eigenvalue weighted by Crippen LogP contribution is 2.57. The number of aromatic nitrogens is 1. The molecule has 1 N–H and O–H groups in total. The van der Waals surface area contributed by atoms with Gasteiger partial charge in [0.25, 0.3) is 0 Å². The molecule has 94 valence electrons. The topological polar surface area (TPSA) is 68.3 Å². The molecule has 0 spiro atoms. The van der Waals surface area contributed by atoms with Crippen molar-refractivity contribution in [3.8, 4) is 0 Å². The lowest BCUT2D eigenvalue weighted by atomic mass is 9.79. The van der Waals surface area contributed by atoms with Crippen molar-refractivity contribution < 1.29 is 14.3 Å². The van der Waals surface area contributed by atoms with Gasteiger partial charge >= 0.3 is 5.97 Å². The van der Waals surface area contributed by atoms with Gasteiger partial charge in [-0.15, -0.1) is 11.3 Å². The summed E-state index contributed by atoms with van der Waals surface area (Å²) in [6.45, 7) is 0. The molecule has 2 aliphatic carbocycles. The van der Waals surface area contributed by atoms with Gasteiger partial charge in [0.2, 0.25) is 5.91 Å². The minimum absolute atomic E-state index is 0.0697. The van der Waals surface area contributed by atoms with E-state index in [1.165, 1.54) is 11.3 Å². The van der Waals surface area contributed by atoms with Crippen LogP contribution in [0.3, 0.4) is 0 Å². The quantitative estimate of drug-likeness (QED) is 0.817. The number of ether oxygens (including phenoxy) is 1. The van der Waals surface area contributed by atoms with Gasteiger partial charge in [0.05, 0.1) is 11.8 Å². The summed E-state index contributed by atoms with van der Waals surface area (Å²) in [5.41, 5.74) is 0. The van der Waals surface area contributed by atoms with Crippen molar-refractivity contribution in [2.24, 2.45) is 23.7 Å². The first-order valence-corrected chi connectivity index (χ1v) is 7.03. The highest BCUT2D eigenvalue weighted by molar-refractivity contribution is 7.13. The maximum absolute atomic E-state index is 12.3. The van der Waals surface area contributed by atoms with E-state index in [1.54, 1.807) is 6.20 Å². The predicted octanol–water partition coefficient (Wildman–Crippen LogP) is 1.28. The number of carbonyl (C=O) groups excluding carboxylic acids is 2. The zero-order chi connectivity index (χ0) is 12.3. The number of nitrogens with one attached hydrogen (secondary N) is 1. The fourth-order valence-corrected chi connectivity index (χ4v) is 4.37. The lowest BCUT2D eigenvalue weighted by molar-refractivity contribution is -0.145. The third kappa shape index (κ3) is 1.29. The molecule has 5 atom stereocenters. The molecule has 18 heavy (non-hydrogen) atoms. The van der Waals surface area contributed by atoms with Gasteiger partial charge < -0.3 is 10.1 Å². The summed E-state index contributed by atoms with van der Waals surface area (Å²) in [5, 5.41) is 5.23. The maximum Gasteiger partial charge on any atom is 0.310 e. The first-order valence-electron chi connectivity index (χ1n) is 6.15. The Balaban J connectivity index is 1.58. The molecule has 1 aliphatic heterocycles. The average Bonchev–Trinajstić information content (AvgIpc) is 3.02. The van der Waals surface area contributed by atoms with Crippen LogP contribution < -0.4 is 5.32 Å². The Morgan fingerprint density at radius 3 is 3.17 bits per heavy atom. The van der Waals surface area contributed by atoms with Crippen LogP contribution in [-0.2, 0) is 14.3 Å². The number of hydrogen-bond donors (Lipinski definition) is 1. The van der Waals surface area contributed by atoms with Gasteiger partial charge in [-0.1, -0.05) is 0 Å². The fourth-order valence-electron chi connectivity index (χ4n) is 3.84. The third-order valence-corrected chi connectivity index (χ3v) is 5.14. The second-order valence-corrected chi connectivity index (χ2v) is 6.14. The largest absolute Gasteiger partial charge is 0.462 e. The lowest BCUT2D eigenvalue weighted by Crippen LogP contribution is -2.35. The zero-order valence-corrected chi connectivity index (χ0v) is 10.4. The van der Waals surface area contributed by atoms with Crippen LogP contribution in [-0.4, -0.2) is 23.0 Å². The minimum Gasteiger partial charge on any atom is -0.462 e. The minimum atomic E-state index is -0.217. The normalized spacial score (nSPS) is 40.0. The molecule has 2 heterocycles. The number of esters is 1. The van der Waals surface area contributed by atoms with Gasteiger partial charge in [-0.3, -0.25) is 9.59 Å². The Bertz CT molecular complexity index is 513. The molecule has 4 rings (SSSR count). The van der Waals surface area contributed by atoms with Crippen molar-refractivity contribution in [1.82, 2.24) is 4.98 Å². The highest BCUT2D eigenvalue weighted by atomic mass is 32.1. The number of amides is 1. The second kappa shape index (κ2) is 3.54. The standard InChI is InChI=1S/C12H12N2O3S/c15-10(14-12-13-1-2-18-12)8-5-3-6-7(4-5)17-11(16)9(6)8/h1-2,5-9H,3-4H2,(H,13,14,15)/t5-,6+,7-,8+,9+/m1/s1. The Labute approximate surface area is 108 Å². The van der Waals surface area contributed by atoms with Crippen molar-refractivity contribution in [3.05, 3.63) is 11.6 Å². The summed E-state index contributed by atoms with van der Waals surface area (Å²) in [6.07, 6.45) is 3.54. The number of nitrogens with zero attached hydrogens (tertiary/aromatic N) is 1. The molecule has 0 aromatic carbocycles. The summed E-state index contributed by atoms with van der Waals surface area (Å²) in [6, 6.07) is 0. The summed E-state index contributed by atoms with van der Waals surface area (Å²) in [7, 11) is 0. The van der Waals surface area contributed by atoms with Crippen molar-refractivity contribution in [3.63, 3.8) is 0 Å². The molecule has 2 bridgehead atoms. The van der Waals surface area contributed by atoms with Crippen LogP contribution in [0.4, 0.5) is 5.13 Å². The molecule has 2 saturated carbocycles. The van der Waals surface area contributed by atoms with Gasteiger partial charge in [-0.2, -0.15) is 0 Å². The molecular weight excluding hydrogens is 252 g/mol. The van der Waals surface area contributed by atoms with Crippen LogP contribution in [0.5, 0.6) is 0 Å². The Hall–Kier alpha value is -1.43. The van der Waals surface area contributed by atoms with E-state index in [4.69, 9.17) is 4.74 Å². The van der Waals surface area contributed by atoms with Crippen molar-refractivity contribution >= 4 is 28.3 Å². The Kier molecular flexibility index (Phi) is 2.06. The van der Waals surface area contributed by atoms with Crippen LogP contribution in [0.1, 0.15) is 12.8 Å². The molecule has 0 unspecified atom stereocenters. The van der Waals surface area contributed by atoms with E-state index in [-0.39, 0.29) is 35.7 Å². The van der Waals surface area contributed by atoms with Crippen LogP contribution >= 0.6 is 11.3 Å². The molecule has 1 aromatic heterocycles. The number of fused-ring (bicyclic) bond motifs is 1. The van der Waals surface area contributed by atoms with Gasteiger partial charge in [-0.25, -0.2) is 4.98 Å². The summed E-state index contributed by atoms with van der Waals surface area (Å²) < 4.78 is 5.32. The van der Waals surface area contributed by atoms with Crippen LogP contribution in [0.25, 0.3) is 0 Å². The monoisotopic (exact) mass is 264 g/mol. The van der Waals surface area contributed by atoms with Gasteiger partial charge in [0.15, 0.2) is 5.13 Å². The average molecular weight is 264 g/mol. The summed E-state index contributed by atoms with van der Waals surface area (Å²) in [5.74, 6) is -0.103. The summed E-state index contributed by atoms with van der Waals surface area (Å²) in [4.78, 5) is 28.1. The van der Waals surface area contributed by atoms with Crippen molar-refractivity contribution in [1.29, 1.82) is 0 Å². The number of rotatable bonds is 2. The van der Waals surface area contributed by atoms with E-state index in [2.05, 4.69) is 10.3 Å². The molecule has 1 saturated heterocycles. The number of anilines is 1. The maximum atomic E-state index is 12.3. The van der Waals surface area contributed by atoms with Crippen LogP contribution in [0.15, 0.2) is 11.6 Å². The number of thiazole rings is 1. The molecule has 3 aliphatic rings. The smallest absolute Gasteiger partial charge is 0.310 e. The Morgan fingerprint density at radius 2 is 2.39 bits per heavy atom. The molecule has 6 heteroatoms. The molecule has 1 amide bonds. The number of hydrogen-bond acceptors (Lipinski definition) is 5. The number of carbonyl (C=O) groups is 2. The highest BCUT2D eigenvalue weighted by Gasteiger charge is 2.63. The van der Waals surface area contributed by atoms with E-state index < -0.39 is 0 Å². The van der Waals surface area contributed by atoms with E-state index in [9.17, 15) is 9.59 Å². The fraction of sp³-hybridized carbons (Fsp3) is 0.583. The SMILES string of the molecule is O=C(Nc1nccs1)[C@H]1[C@@H]2C[C@@H]3[C@@H]1C(=O)O[C@@H]3C2. The third-order valence-electron chi connectivity index (χ3n) is 4.45. The first kappa shape index (κ1) is 10.5. The van der Waals surface area contributed by atoms with Crippen LogP contribution in [0.2, 0.25) is 0 Å². The van der Waals surface area contributed by atoms with Gasteiger partial charge in [0.1, 0.15) is 6.10 Å². The van der Waals surface area contributed by atoms with Gasteiger partial charge in [-0.05, 0) is 18.8 Å². The van der Waals surface area contributed by atoms with E-state index in [0.717, 1.165) is 12.8 Å². The van der Waals surface area contributed by atoms with Crippen molar-refractivity contribution in [2.45, 2.75) is 18.9 Å². The molecule has 5 nitrogen and oxygen atoms in total. The van der Waals surface area contributed by atoms with Crippen LogP contribution in [0, 0.1) is 23.7 Å². The molecule has 1 aromatic rings. The lowest BCUT2D eigenvalue weighted by Gasteiger charge is -2.22. The molecular formula is C12H12N2O3S. The zero-order valence-electron chi connectivity index (χ0n) is 9.54. The van der Waals surface area contributed by atoms with E-state index in [0.29, 0.717) is 11.0 Å². The second-order valence-electron chi connectivity index (χ2n) is 5.25. The van der Waals surface area contributed by atoms with E-state index in [1.807, 2.05) is 5.38 Å². The molecule has 3 fully saturated rings.